The molecule has 1 aliphatic carbocycles. The Morgan fingerprint density at radius 2 is 2.11 bits per heavy atom. The molecule has 1 amide bonds. The van der Waals surface area contributed by atoms with Gasteiger partial charge in [-0.1, -0.05) is 24.3 Å². The van der Waals surface area contributed by atoms with Crippen molar-refractivity contribution in [2.24, 2.45) is 5.73 Å². The number of rotatable bonds is 3. The first kappa shape index (κ1) is 12.1. The zero-order valence-corrected chi connectivity index (χ0v) is 10.7. The zero-order valence-electron chi connectivity index (χ0n) is 10.7. The molecule has 4 heteroatoms. The van der Waals surface area contributed by atoms with Crippen molar-refractivity contribution in [2.45, 2.75) is 24.8 Å². The van der Waals surface area contributed by atoms with Gasteiger partial charge in [0.1, 0.15) is 5.69 Å². The lowest BCUT2D eigenvalue weighted by molar-refractivity contribution is 0.0926. The number of nitrogens with one attached hydrogen (secondary N) is 1. The van der Waals surface area contributed by atoms with Crippen molar-refractivity contribution in [3.8, 4) is 0 Å². The van der Waals surface area contributed by atoms with Gasteiger partial charge in [0, 0.05) is 23.7 Å². The lowest BCUT2D eigenvalue weighted by Crippen LogP contribution is -2.55. The Kier molecular flexibility index (Phi) is 2.95. The molecule has 0 spiro atoms. The van der Waals surface area contributed by atoms with E-state index in [1.165, 1.54) is 0 Å². The summed E-state index contributed by atoms with van der Waals surface area (Å²) in [6.07, 6.45) is 4.78. The molecule has 1 heterocycles. The van der Waals surface area contributed by atoms with Crippen LogP contribution in [0.25, 0.3) is 10.8 Å². The van der Waals surface area contributed by atoms with Gasteiger partial charge in [0.25, 0.3) is 5.91 Å². The molecule has 3 N–H and O–H groups in total. The third kappa shape index (κ3) is 2.31. The number of nitrogens with two attached hydrogens (primary N) is 1. The molecule has 1 saturated carbocycles. The number of carbonyl (C=O) groups excluding carboxylic acids is 1. The predicted octanol–water partition coefficient (Wildman–Crippen LogP) is 1.85. The fraction of sp³-hybridized carbons (Fsp3) is 0.333. The van der Waals surface area contributed by atoms with Crippen LogP contribution in [0, 0.1) is 0 Å². The first-order valence-electron chi connectivity index (χ1n) is 6.59. The highest BCUT2D eigenvalue weighted by Crippen LogP contribution is 2.28. The summed E-state index contributed by atoms with van der Waals surface area (Å²) < 4.78 is 0. The average Bonchev–Trinajstić information content (AvgIpc) is 2.42. The molecule has 0 radical (unpaired) electrons. The van der Waals surface area contributed by atoms with Crippen molar-refractivity contribution >= 4 is 16.7 Å². The number of carbonyl (C=O) groups is 1. The second-order valence-corrected chi connectivity index (χ2v) is 5.28. The molecule has 98 valence electrons. The van der Waals surface area contributed by atoms with Crippen LogP contribution in [-0.4, -0.2) is 23.0 Å². The third-order valence-corrected chi connectivity index (χ3v) is 3.84. The number of benzene rings is 1. The van der Waals surface area contributed by atoms with Gasteiger partial charge in [-0.3, -0.25) is 9.78 Å². The van der Waals surface area contributed by atoms with Crippen LogP contribution in [0.15, 0.2) is 36.5 Å². The normalized spacial score (nSPS) is 16.9. The van der Waals surface area contributed by atoms with Gasteiger partial charge in [-0.15, -0.1) is 0 Å². The van der Waals surface area contributed by atoms with Gasteiger partial charge < -0.3 is 11.1 Å². The monoisotopic (exact) mass is 255 g/mol. The lowest BCUT2D eigenvalue weighted by atomic mass is 9.78. The summed E-state index contributed by atoms with van der Waals surface area (Å²) in [5, 5.41) is 4.81. The van der Waals surface area contributed by atoms with E-state index in [0.29, 0.717) is 12.2 Å². The van der Waals surface area contributed by atoms with E-state index >= 15 is 0 Å². The first-order chi connectivity index (χ1) is 9.18. The van der Waals surface area contributed by atoms with Gasteiger partial charge in [0.05, 0.1) is 0 Å². The number of amides is 1. The molecule has 0 bridgehead atoms. The van der Waals surface area contributed by atoms with Crippen LogP contribution in [0.4, 0.5) is 0 Å². The fourth-order valence-corrected chi connectivity index (χ4v) is 2.45. The van der Waals surface area contributed by atoms with E-state index in [-0.39, 0.29) is 11.4 Å². The quantitative estimate of drug-likeness (QED) is 0.879. The van der Waals surface area contributed by atoms with Crippen molar-refractivity contribution in [1.82, 2.24) is 10.3 Å². The Morgan fingerprint density at radius 3 is 2.84 bits per heavy atom. The topological polar surface area (TPSA) is 68.0 Å². The van der Waals surface area contributed by atoms with Crippen molar-refractivity contribution < 1.29 is 4.79 Å². The van der Waals surface area contributed by atoms with Crippen molar-refractivity contribution in [3.63, 3.8) is 0 Å². The zero-order chi connectivity index (χ0) is 13.3. The Labute approximate surface area is 112 Å². The minimum absolute atomic E-state index is 0.145. The second-order valence-electron chi connectivity index (χ2n) is 5.28. The van der Waals surface area contributed by atoms with Gasteiger partial charge >= 0.3 is 0 Å². The number of hydrogen-bond donors (Lipinski definition) is 2. The highest BCUT2D eigenvalue weighted by molar-refractivity contribution is 6.05. The number of pyridine rings is 1. The third-order valence-electron chi connectivity index (χ3n) is 3.84. The molecule has 2 aromatic rings. The standard InChI is InChI=1S/C15H17N3O/c16-15(7-3-8-15)10-18-14(19)13-12-5-2-1-4-11(12)6-9-17-13/h1-2,4-6,9H,3,7-8,10,16H2,(H,18,19). The average molecular weight is 255 g/mol. The van der Waals surface area contributed by atoms with Crippen LogP contribution in [0.2, 0.25) is 0 Å². The van der Waals surface area contributed by atoms with Crippen molar-refractivity contribution in [2.75, 3.05) is 6.54 Å². The van der Waals surface area contributed by atoms with Crippen LogP contribution < -0.4 is 11.1 Å². The maximum Gasteiger partial charge on any atom is 0.270 e. The number of aromatic nitrogens is 1. The SMILES string of the molecule is NC1(CNC(=O)c2nccc3ccccc23)CCC1. The summed E-state index contributed by atoms with van der Waals surface area (Å²) >= 11 is 0. The summed E-state index contributed by atoms with van der Waals surface area (Å²) in [6, 6.07) is 9.66. The molecule has 0 unspecified atom stereocenters. The molecule has 0 saturated heterocycles. The van der Waals surface area contributed by atoms with E-state index in [2.05, 4.69) is 10.3 Å². The highest BCUT2D eigenvalue weighted by atomic mass is 16.1. The lowest BCUT2D eigenvalue weighted by Gasteiger charge is -2.38. The minimum atomic E-state index is -0.208. The van der Waals surface area contributed by atoms with Crippen LogP contribution in [0.5, 0.6) is 0 Å². The minimum Gasteiger partial charge on any atom is -0.349 e. The van der Waals surface area contributed by atoms with E-state index in [4.69, 9.17) is 5.73 Å². The second kappa shape index (κ2) is 4.63. The highest BCUT2D eigenvalue weighted by Gasteiger charge is 2.32. The Morgan fingerprint density at radius 1 is 1.32 bits per heavy atom. The van der Waals surface area contributed by atoms with Gasteiger partial charge in [-0.25, -0.2) is 0 Å². The molecule has 1 aromatic carbocycles. The Bertz CT molecular complexity index is 614. The van der Waals surface area contributed by atoms with E-state index in [9.17, 15) is 4.79 Å². The molecular formula is C15H17N3O. The molecule has 1 aromatic heterocycles. The van der Waals surface area contributed by atoms with Gasteiger partial charge in [0.15, 0.2) is 0 Å². The fourth-order valence-electron chi connectivity index (χ4n) is 2.45. The summed E-state index contributed by atoms with van der Waals surface area (Å²) in [5.41, 5.74) is 6.37. The Hall–Kier alpha value is -1.94. The van der Waals surface area contributed by atoms with Crippen LogP contribution in [0.3, 0.4) is 0 Å². The first-order valence-corrected chi connectivity index (χ1v) is 6.59. The molecule has 19 heavy (non-hydrogen) atoms. The summed E-state index contributed by atoms with van der Waals surface area (Å²) in [5.74, 6) is -0.145. The molecule has 1 fully saturated rings. The van der Waals surface area contributed by atoms with Crippen molar-refractivity contribution in [3.05, 3.63) is 42.2 Å². The maximum absolute atomic E-state index is 12.2. The number of fused-ring (bicyclic) bond motifs is 1. The molecule has 1 aliphatic rings. The van der Waals surface area contributed by atoms with Crippen molar-refractivity contribution in [1.29, 1.82) is 0 Å². The predicted molar refractivity (Wildman–Crippen MR) is 74.8 cm³/mol. The molecule has 4 nitrogen and oxygen atoms in total. The molecule has 0 aliphatic heterocycles. The van der Waals surface area contributed by atoms with E-state index in [0.717, 1.165) is 30.0 Å². The van der Waals surface area contributed by atoms with Gasteiger partial charge in [-0.05, 0) is 30.7 Å². The maximum atomic E-state index is 12.2. The largest absolute Gasteiger partial charge is 0.349 e. The van der Waals surface area contributed by atoms with Gasteiger partial charge in [0.2, 0.25) is 0 Å². The van der Waals surface area contributed by atoms with Crippen LogP contribution in [-0.2, 0) is 0 Å². The molecule has 3 rings (SSSR count). The summed E-state index contributed by atoms with van der Waals surface area (Å²) in [7, 11) is 0. The van der Waals surface area contributed by atoms with Crippen LogP contribution >= 0.6 is 0 Å². The summed E-state index contributed by atoms with van der Waals surface area (Å²) in [4.78, 5) is 16.4. The number of hydrogen-bond acceptors (Lipinski definition) is 3. The summed E-state index contributed by atoms with van der Waals surface area (Å²) in [6.45, 7) is 0.525. The Balaban J connectivity index is 1.81. The van der Waals surface area contributed by atoms with E-state index < -0.39 is 0 Å². The van der Waals surface area contributed by atoms with E-state index in [1.807, 2.05) is 30.3 Å². The van der Waals surface area contributed by atoms with Crippen LogP contribution in [0.1, 0.15) is 29.8 Å². The molecule has 0 atom stereocenters. The van der Waals surface area contributed by atoms with Gasteiger partial charge in [-0.2, -0.15) is 0 Å². The van der Waals surface area contributed by atoms with E-state index in [1.54, 1.807) is 6.20 Å². The molecular weight excluding hydrogens is 238 g/mol. The number of nitrogens with zero attached hydrogens (tertiary/aromatic N) is 1. The smallest absolute Gasteiger partial charge is 0.270 e.